The molecule has 1 rings (SSSR count). The second-order valence-electron chi connectivity index (χ2n) is 4.06. The van der Waals surface area contributed by atoms with Gasteiger partial charge in [0, 0.05) is 26.1 Å². The normalized spacial score (nSPS) is 18.1. The number of piperidine rings is 1. The van der Waals surface area contributed by atoms with Gasteiger partial charge in [-0.15, -0.1) is 0 Å². The van der Waals surface area contributed by atoms with E-state index < -0.39 is 6.03 Å². The zero-order valence-corrected chi connectivity index (χ0v) is 9.66. The van der Waals surface area contributed by atoms with Crippen LogP contribution in [0.15, 0.2) is 0 Å². The summed E-state index contributed by atoms with van der Waals surface area (Å²) in [7, 11) is 1.48. The van der Waals surface area contributed by atoms with Crippen LogP contribution in [0.5, 0.6) is 0 Å². The van der Waals surface area contributed by atoms with E-state index in [1.54, 1.807) is 0 Å². The van der Waals surface area contributed by atoms with Crippen LogP contribution >= 0.6 is 0 Å². The minimum absolute atomic E-state index is 0.241. The number of nitrogens with one attached hydrogen (secondary N) is 2. The van der Waals surface area contributed by atoms with Crippen molar-refractivity contribution in [2.24, 2.45) is 5.73 Å². The number of rotatable bonds is 3. The number of hydrogen-bond donors (Lipinski definition) is 3. The Morgan fingerprint density at radius 3 is 2.56 bits per heavy atom. The summed E-state index contributed by atoms with van der Waals surface area (Å²) in [6, 6.07) is -0.151. The van der Waals surface area contributed by atoms with Crippen LogP contribution in [0.2, 0.25) is 0 Å². The van der Waals surface area contributed by atoms with E-state index in [-0.39, 0.29) is 5.91 Å². The van der Waals surface area contributed by atoms with Gasteiger partial charge in [-0.25, -0.2) is 4.79 Å². The van der Waals surface area contributed by atoms with E-state index in [9.17, 15) is 9.59 Å². The third-order valence-electron chi connectivity index (χ3n) is 2.77. The lowest BCUT2D eigenvalue weighted by atomic mass is 10.1. The van der Waals surface area contributed by atoms with Crippen LogP contribution in [0.4, 0.5) is 4.79 Å². The molecule has 0 bridgehead atoms. The minimum atomic E-state index is -0.453. The second kappa shape index (κ2) is 6.44. The Balaban J connectivity index is 2.14. The summed E-state index contributed by atoms with van der Waals surface area (Å²) in [5.74, 6) is -0.241. The average Bonchev–Trinajstić information content (AvgIpc) is 2.28. The lowest BCUT2D eigenvalue weighted by Crippen LogP contribution is -2.42. The van der Waals surface area contributed by atoms with Gasteiger partial charge >= 0.3 is 6.03 Å². The number of nitrogens with zero attached hydrogens (tertiary/aromatic N) is 1. The standard InChI is InChI=1S/C10H20N4O2/c1-12-10(16)13-9(15)4-7-14-5-2-8(11)3-6-14/h8H,2-7,11H2,1H3,(H2,12,13,15,16). The number of carbonyl (C=O) groups excluding carboxylic acids is 2. The molecule has 1 heterocycles. The van der Waals surface area contributed by atoms with Gasteiger partial charge in [-0.2, -0.15) is 0 Å². The second-order valence-corrected chi connectivity index (χ2v) is 4.06. The number of urea groups is 1. The Labute approximate surface area is 95.5 Å². The Morgan fingerprint density at radius 2 is 2.00 bits per heavy atom. The third kappa shape index (κ3) is 4.59. The van der Waals surface area contributed by atoms with Crippen LogP contribution in [0, 0.1) is 0 Å². The Morgan fingerprint density at radius 1 is 1.38 bits per heavy atom. The van der Waals surface area contributed by atoms with Gasteiger partial charge in [-0.3, -0.25) is 10.1 Å². The predicted molar refractivity (Wildman–Crippen MR) is 60.9 cm³/mol. The molecule has 0 aromatic heterocycles. The van der Waals surface area contributed by atoms with Crippen LogP contribution in [-0.4, -0.2) is 49.6 Å². The summed E-state index contributed by atoms with van der Waals surface area (Å²) in [5, 5.41) is 4.58. The lowest BCUT2D eigenvalue weighted by molar-refractivity contribution is -0.120. The van der Waals surface area contributed by atoms with Gasteiger partial charge in [0.05, 0.1) is 0 Å². The van der Waals surface area contributed by atoms with Gasteiger partial charge in [0.2, 0.25) is 5.91 Å². The molecule has 0 aromatic rings. The van der Waals surface area contributed by atoms with E-state index in [0.717, 1.165) is 25.9 Å². The van der Waals surface area contributed by atoms with Crippen LogP contribution in [0.1, 0.15) is 19.3 Å². The Hall–Kier alpha value is -1.14. The summed E-state index contributed by atoms with van der Waals surface area (Å²) in [4.78, 5) is 24.3. The number of imide groups is 1. The van der Waals surface area contributed by atoms with Crippen molar-refractivity contribution in [2.45, 2.75) is 25.3 Å². The maximum Gasteiger partial charge on any atom is 0.321 e. The third-order valence-corrected chi connectivity index (χ3v) is 2.77. The van der Waals surface area contributed by atoms with Crippen molar-refractivity contribution in [1.82, 2.24) is 15.5 Å². The molecule has 1 fully saturated rings. The fourth-order valence-electron chi connectivity index (χ4n) is 1.69. The summed E-state index contributed by atoms with van der Waals surface area (Å²) in [6.45, 7) is 2.57. The largest absolute Gasteiger partial charge is 0.341 e. The van der Waals surface area contributed by atoms with Crippen molar-refractivity contribution < 1.29 is 9.59 Å². The van der Waals surface area contributed by atoms with Crippen molar-refractivity contribution in [2.75, 3.05) is 26.7 Å². The van der Waals surface area contributed by atoms with Crippen molar-refractivity contribution >= 4 is 11.9 Å². The molecule has 0 aliphatic carbocycles. The van der Waals surface area contributed by atoms with Gasteiger partial charge in [-0.05, 0) is 25.9 Å². The summed E-state index contributed by atoms with van der Waals surface area (Å²) < 4.78 is 0. The molecule has 3 amide bonds. The molecule has 0 radical (unpaired) electrons. The molecule has 1 aliphatic rings. The fraction of sp³-hybridized carbons (Fsp3) is 0.800. The SMILES string of the molecule is CNC(=O)NC(=O)CCN1CCC(N)CC1. The zero-order chi connectivity index (χ0) is 12.0. The first-order chi connectivity index (χ1) is 7.61. The minimum Gasteiger partial charge on any atom is -0.341 e. The average molecular weight is 228 g/mol. The van der Waals surface area contributed by atoms with Gasteiger partial charge in [0.15, 0.2) is 0 Å². The highest BCUT2D eigenvalue weighted by Crippen LogP contribution is 2.07. The van der Waals surface area contributed by atoms with E-state index in [2.05, 4.69) is 15.5 Å². The maximum absolute atomic E-state index is 11.3. The first-order valence-corrected chi connectivity index (χ1v) is 5.61. The van der Waals surface area contributed by atoms with Crippen LogP contribution in [0.25, 0.3) is 0 Å². The van der Waals surface area contributed by atoms with E-state index in [1.165, 1.54) is 7.05 Å². The number of nitrogens with two attached hydrogens (primary N) is 1. The molecule has 1 aliphatic heterocycles. The summed E-state index contributed by atoms with van der Waals surface area (Å²) >= 11 is 0. The van der Waals surface area contributed by atoms with E-state index in [0.29, 0.717) is 19.0 Å². The molecule has 4 N–H and O–H groups in total. The highest BCUT2D eigenvalue weighted by molar-refractivity contribution is 5.94. The molecule has 0 atom stereocenters. The quantitative estimate of drug-likeness (QED) is 0.593. The topological polar surface area (TPSA) is 87.5 Å². The molecule has 6 heteroatoms. The van der Waals surface area contributed by atoms with Gasteiger partial charge in [0.1, 0.15) is 0 Å². The van der Waals surface area contributed by atoms with Crippen LogP contribution < -0.4 is 16.4 Å². The molecule has 0 spiro atoms. The summed E-state index contributed by atoms with van der Waals surface area (Å²) in [5.41, 5.74) is 5.78. The Bertz CT molecular complexity index is 249. The molecule has 1 saturated heterocycles. The maximum atomic E-state index is 11.3. The van der Waals surface area contributed by atoms with Crippen molar-refractivity contribution in [3.8, 4) is 0 Å². The summed E-state index contributed by atoms with van der Waals surface area (Å²) in [6.07, 6.45) is 2.32. The molecular weight excluding hydrogens is 208 g/mol. The smallest absolute Gasteiger partial charge is 0.321 e. The monoisotopic (exact) mass is 228 g/mol. The molecule has 16 heavy (non-hydrogen) atoms. The van der Waals surface area contributed by atoms with Crippen molar-refractivity contribution in [1.29, 1.82) is 0 Å². The molecular formula is C10H20N4O2. The lowest BCUT2D eigenvalue weighted by Gasteiger charge is -2.29. The Kier molecular flexibility index (Phi) is 5.21. The predicted octanol–water partition coefficient (Wildman–Crippen LogP) is -0.745. The van der Waals surface area contributed by atoms with Gasteiger partial charge < -0.3 is 16.0 Å². The van der Waals surface area contributed by atoms with E-state index in [1.807, 2.05) is 0 Å². The molecule has 0 saturated carbocycles. The number of amides is 3. The number of likely N-dealkylation sites (tertiary alicyclic amines) is 1. The van der Waals surface area contributed by atoms with E-state index >= 15 is 0 Å². The molecule has 92 valence electrons. The highest BCUT2D eigenvalue weighted by Gasteiger charge is 2.16. The van der Waals surface area contributed by atoms with E-state index in [4.69, 9.17) is 5.73 Å². The number of carbonyl (C=O) groups is 2. The fourth-order valence-corrected chi connectivity index (χ4v) is 1.69. The van der Waals surface area contributed by atoms with Crippen LogP contribution in [-0.2, 0) is 4.79 Å². The van der Waals surface area contributed by atoms with Crippen molar-refractivity contribution in [3.05, 3.63) is 0 Å². The van der Waals surface area contributed by atoms with Gasteiger partial charge in [0.25, 0.3) is 0 Å². The van der Waals surface area contributed by atoms with Gasteiger partial charge in [-0.1, -0.05) is 0 Å². The molecule has 0 aromatic carbocycles. The molecule has 0 unspecified atom stereocenters. The van der Waals surface area contributed by atoms with Crippen LogP contribution in [0.3, 0.4) is 0 Å². The first kappa shape index (κ1) is 12.9. The van der Waals surface area contributed by atoms with Crippen molar-refractivity contribution in [3.63, 3.8) is 0 Å². The zero-order valence-electron chi connectivity index (χ0n) is 9.66. The highest BCUT2D eigenvalue weighted by atomic mass is 16.2. The number of hydrogen-bond acceptors (Lipinski definition) is 4. The first-order valence-electron chi connectivity index (χ1n) is 5.61. The molecule has 6 nitrogen and oxygen atoms in total.